The molecule has 4 rings (SSSR count). The van der Waals surface area contributed by atoms with Gasteiger partial charge < -0.3 is 15.3 Å². The summed E-state index contributed by atoms with van der Waals surface area (Å²) in [4.78, 5) is 17.6. The van der Waals surface area contributed by atoms with Gasteiger partial charge in [-0.2, -0.15) is 0 Å². The minimum atomic E-state index is -0.192. The van der Waals surface area contributed by atoms with Gasteiger partial charge in [0.05, 0.1) is 0 Å². The molecule has 1 aliphatic rings. The number of carbonyl (C=O) groups is 1. The smallest absolute Gasteiger partial charge is 0.321 e. The average molecular weight is 554 g/mol. The highest BCUT2D eigenvalue weighted by molar-refractivity contribution is 5.92. The molecular weight excluding hydrogens is 506 g/mol. The van der Waals surface area contributed by atoms with Crippen LogP contribution in [0.3, 0.4) is 0 Å². The van der Waals surface area contributed by atoms with Crippen molar-refractivity contribution in [3.63, 3.8) is 0 Å². The topological polar surface area (TPSA) is 55.8 Å². The summed E-state index contributed by atoms with van der Waals surface area (Å²) in [5, 5.41) is 14.2. The minimum absolute atomic E-state index is 0.0815. The number of hydrogen-bond acceptors (Lipinski definition) is 3. The number of carbonyl (C=O) groups excluding carboxylic acids is 1. The van der Waals surface area contributed by atoms with E-state index >= 15 is 0 Å². The molecule has 3 aromatic rings. The van der Waals surface area contributed by atoms with Gasteiger partial charge in [0.15, 0.2) is 0 Å². The number of piperidine rings is 1. The number of aromatic hydroxyl groups is 1. The van der Waals surface area contributed by atoms with Crippen LogP contribution in [0.5, 0.6) is 5.75 Å². The fraction of sp³-hybridized carbons (Fsp3) is 0.417. The van der Waals surface area contributed by atoms with Crippen LogP contribution < -0.4 is 5.32 Å². The van der Waals surface area contributed by atoms with Gasteiger partial charge in [-0.05, 0) is 58.6 Å². The second-order valence-corrected chi connectivity index (χ2v) is 13.4. The first-order chi connectivity index (χ1) is 19.3. The standard InChI is InChI=1S/C36H47N3O2/c1-35(2,3)30-23-27(24-31(33(30)40)36(4,5)6)17-18-28-15-11-12-16-32(28)37-34(41)38(7)29-19-21-39(22-20-29)25-26-13-9-8-10-14-26/h8-18,23-24,29,40H,19-22,25H2,1-7H3,(H,37,41). The van der Waals surface area contributed by atoms with Gasteiger partial charge in [-0.15, -0.1) is 0 Å². The number of likely N-dealkylation sites (tertiary alicyclic amines) is 1. The summed E-state index contributed by atoms with van der Waals surface area (Å²) in [7, 11) is 1.91. The first-order valence-corrected chi connectivity index (χ1v) is 14.8. The number of urea groups is 1. The molecule has 2 N–H and O–H groups in total. The number of phenolic OH excluding ortho intramolecular Hbond substituents is 1. The number of anilines is 1. The number of benzene rings is 3. The van der Waals surface area contributed by atoms with Crippen molar-refractivity contribution in [2.45, 2.75) is 77.8 Å². The summed E-state index contributed by atoms with van der Waals surface area (Å²) in [5.41, 5.74) is 5.56. The van der Waals surface area contributed by atoms with E-state index in [0.29, 0.717) is 5.75 Å². The molecule has 1 saturated heterocycles. The SMILES string of the molecule is CN(C(=O)Nc1ccccc1C=Cc1cc(C(C)(C)C)c(O)c(C(C)(C)C)c1)C1CCN(Cc2ccccc2)CC1. The number of nitrogens with one attached hydrogen (secondary N) is 1. The van der Waals surface area contributed by atoms with E-state index in [0.717, 1.165) is 60.4 Å². The van der Waals surface area contributed by atoms with Gasteiger partial charge in [0.25, 0.3) is 0 Å². The Morgan fingerprint density at radius 3 is 2.05 bits per heavy atom. The van der Waals surface area contributed by atoms with E-state index in [4.69, 9.17) is 0 Å². The predicted octanol–water partition coefficient (Wildman–Crippen LogP) is 8.29. The number of para-hydroxylation sites is 1. The second kappa shape index (κ2) is 12.5. The lowest BCUT2D eigenvalue weighted by Gasteiger charge is -2.36. The Kier molecular flexibility index (Phi) is 9.28. The maximum Gasteiger partial charge on any atom is 0.321 e. The average Bonchev–Trinajstić information content (AvgIpc) is 2.92. The Morgan fingerprint density at radius 1 is 0.902 bits per heavy atom. The van der Waals surface area contributed by atoms with Crippen LogP contribution in [0.1, 0.15) is 82.2 Å². The lowest BCUT2D eigenvalue weighted by Crippen LogP contribution is -2.46. The zero-order chi connectivity index (χ0) is 29.8. The van der Waals surface area contributed by atoms with Gasteiger partial charge in [-0.25, -0.2) is 4.79 Å². The van der Waals surface area contributed by atoms with E-state index in [9.17, 15) is 9.90 Å². The summed E-state index contributed by atoms with van der Waals surface area (Å²) < 4.78 is 0. The highest BCUT2D eigenvalue weighted by Gasteiger charge is 2.27. The van der Waals surface area contributed by atoms with Crippen molar-refractivity contribution < 1.29 is 9.90 Å². The molecule has 2 amide bonds. The maximum absolute atomic E-state index is 13.3. The van der Waals surface area contributed by atoms with E-state index in [2.05, 4.69) is 100 Å². The van der Waals surface area contributed by atoms with Crippen molar-refractivity contribution in [2.24, 2.45) is 0 Å². The zero-order valence-corrected chi connectivity index (χ0v) is 25.9. The number of hydrogen-bond donors (Lipinski definition) is 2. The molecule has 5 nitrogen and oxygen atoms in total. The molecule has 0 saturated carbocycles. The summed E-state index contributed by atoms with van der Waals surface area (Å²) in [5.74, 6) is 0.378. The van der Waals surface area contributed by atoms with Crippen LogP contribution in [0, 0.1) is 0 Å². The third kappa shape index (κ3) is 7.80. The molecule has 1 aliphatic heterocycles. The lowest BCUT2D eigenvalue weighted by atomic mass is 9.78. The first-order valence-electron chi connectivity index (χ1n) is 14.8. The van der Waals surface area contributed by atoms with Crippen LogP contribution in [0.25, 0.3) is 12.2 Å². The molecule has 0 unspecified atom stereocenters. The van der Waals surface area contributed by atoms with Crippen molar-refractivity contribution in [2.75, 3.05) is 25.5 Å². The molecule has 0 aliphatic carbocycles. The normalized spacial score (nSPS) is 15.3. The Balaban J connectivity index is 1.45. The van der Waals surface area contributed by atoms with Crippen molar-refractivity contribution >= 4 is 23.9 Å². The minimum Gasteiger partial charge on any atom is -0.507 e. The molecule has 218 valence electrons. The van der Waals surface area contributed by atoms with Crippen molar-refractivity contribution in [3.8, 4) is 5.75 Å². The molecule has 0 radical (unpaired) electrons. The van der Waals surface area contributed by atoms with E-state index in [-0.39, 0.29) is 22.9 Å². The van der Waals surface area contributed by atoms with Crippen LogP contribution in [-0.4, -0.2) is 47.1 Å². The molecule has 0 atom stereocenters. The Morgan fingerprint density at radius 2 is 1.46 bits per heavy atom. The van der Waals surface area contributed by atoms with Gasteiger partial charge in [0.1, 0.15) is 5.75 Å². The largest absolute Gasteiger partial charge is 0.507 e. The molecule has 5 heteroatoms. The zero-order valence-electron chi connectivity index (χ0n) is 25.9. The number of amides is 2. The van der Waals surface area contributed by atoms with E-state index in [1.807, 2.05) is 42.3 Å². The third-order valence-electron chi connectivity index (χ3n) is 8.08. The van der Waals surface area contributed by atoms with E-state index < -0.39 is 0 Å². The lowest BCUT2D eigenvalue weighted by molar-refractivity contribution is 0.137. The van der Waals surface area contributed by atoms with Gasteiger partial charge in [0.2, 0.25) is 0 Å². The third-order valence-corrected chi connectivity index (χ3v) is 8.08. The van der Waals surface area contributed by atoms with Gasteiger partial charge in [-0.3, -0.25) is 4.90 Å². The second-order valence-electron chi connectivity index (χ2n) is 13.4. The Bertz CT molecular complexity index is 1320. The van der Waals surface area contributed by atoms with Crippen LogP contribution in [0.2, 0.25) is 0 Å². The first kappa shape index (κ1) is 30.4. The monoisotopic (exact) mass is 553 g/mol. The maximum atomic E-state index is 13.3. The van der Waals surface area contributed by atoms with Crippen molar-refractivity contribution in [1.29, 1.82) is 0 Å². The molecule has 0 bridgehead atoms. The van der Waals surface area contributed by atoms with E-state index in [1.54, 1.807) is 0 Å². The van der Waals surface area contributed by atoms with Crippen LogP contribution in [0.15, 0.2) is 66.7 Å². The molecule has 0 aromatic heterocycles. The van der Waals surface area contributed by atoms with Gasteiger partial charge >= 0.3 is 6.03 Å². The number of nitrogens with zero attached hydrogens (tertiary/aromatic N) is 2. The fourth-order valence-corrected chi connectivity index (χ4v) is 5.51. The molecule has 1 fully saturated rings. The van der Waals surface area contributed by atoms with Crippen molar-refractivity contribution in [1.82, 2.24) is 9.80 Å². The summed E-state index contributed by atoms with van der Waals surface area (Å²) in [6.07, 6.45) is 6.04. The summed E-state index contributed by atoms with van der Waals surface area (Å²) >= 11 is 0. The van der Waals surface area contributed by atoms with Crippen LogP contribution in [-0.2, 0) is 17.4 Å². The molecule has 3 aromatic carbocycles. The Hall–Kier alpha value is -3.57. The summed E-state index contributed by atoms with van der Waals surface area (Å²) in [6, 6.07) is 22.7. The van der Waals surface area contributed by atoms with E-state index in [1.165, 1.54) is 5.56 Å². The fourth-order valence-electron chi connectivity index (χ4n) is 5.51. The molecule has 1 heterocycles. The van der Waals surface area contributed by atoms with Gasteiger partial charge in [-0.1, -0.05) is 102 Å². The van der Waals surface area contributed by atoms with Crippen LogP contribution >= 0.6 is 0 Å². The van der Waals surface area contributed by atoms with Gasteiger partial charge in [0, 0.05) is 49.5 Å². The number of rotatable bonds is 6. The highest BCUT2D eigenvalue weighted by atomic mass is 16.3. The molecule has 0 spiro atoms. The van der Waals surface area contributed by atoms with Crippen LogP contribution in [0.4, 0.5) is 10.5 Å². The number of phenols is 1. The predicted molar refractivity (Wildman–Crippen MR) is 172 cm³/mol. The summed E-state index contributed by atoms with van der Waals surface area (Å²) in [6.45, 7) is 15.7. The quantitative estimate of drug-likeness (QED) is 0.302. The Labute approximate surface area is 246 Å². The van der Waals surface area contributed by atoms with Crippen molar-refractivity contribution in [3.05, 3.63) is 94.5 Å². The highest BCUT2D eigenvalue weighted by Crippen LogP contribution is 2.40. The molecule has 41 heavy (non-hydrogen) atoms. The molecular formula is C36H47N3O2.